The van der Waals surface area contributed by atoms with E-state index in [-0.39, 0.29) is 0 Å². The van der Waals surface area contributed by atoms with Gasteiger partial charge >= 0.3 is 0 Å². The molecule has 0 radical (unpaired) electrons. The first kappa shape index (κ1) is 23.0. The summed E-state index contributed by atoms with van der Waals surface area (Å²) in [7, 11) is 0. The molecular weight excluding hydrogens is 280 g/mol. The van der Waals surface area contributed by atoms with Gasteiger partial charge in [-0.3, -0.25) is 0 Å². The van der Waals surface area contributed by atoms with Crippen molar-refractivity contribution >= 4 is 0 Å². The van der Waals surface area contributed by atoms with E-state index in [4.69, 9.17) is 4.74 Å². The number of unbranched alkanes of at least 4 members (excludes halogenated alkanes) is 14. The molecule has 0 N–H and O–H groups in total. The predicted octanol–water partition coefficient (Wildman–Crippen LogP) is 8.06. The van der Waals surface area contributed by atoms with Crippen molar-refractivity contribution in [3.8, 4) is 0 Å². The molecule has 1 heteroatoms. The van der Waals surface area contributed by atoms with Crippen molar-refractivity contribution in [3.05, 3.63) is 0 Å². The lowest BCUT2D eigenvalue weighted by molar-refractivity contribution is 0.0557. The third kappa shape index (κ3) is 19.9. The average molecular weight is 327 g/mol. The molecular formula is C22H46O. The van der Waals surface area contributed by atoms with Gasteiger partial charge in [0.2, 0.25) is 0 Å². The van der Waals surface area contributed by atoms with E-state index < -0.39 is 0 Å². The molecule has 1 nitrogen and oxygen atoms in total. The van der Waals surface area contributed by atoms with Crippen molar-refractivity contribution in [3.63, 3.8) is 0 Å². The predicted molar refractivity (Wildman–Crippen MR) is 105 cm³/mol. The Labute approximate surface area is 148 Å². The van der Waals surface area contributed by atoms with Crippen LogP contribution in [-0.4, -0.2) is 12.7 Å². The van der Waals surface area contributed by atoms with Crippen LogP contribution < -0.4 is 0 Å². The van der Waals surface area contributed by atoms with Crippen molar-refractivity contribution < 1.29 is 4.74 Å². The minimum absolute atomic E-state index is 0.472. The fourth-order valence-electron chi connectivity index (χ4n) is 3.17. The monoisotopic (exact) mass is 326 g/mol. The zero-order valence-electron chi connectivity index (χ0n) is 16.7. The van der Waals surface area contributed by atoms with Crippen LogP contribution >= 0.6 is 0 Å². The molecule has 0 aromatic carbocycles. The first-order chi connectivity index (χ1) is 11.3. The Morgan fingerprint density at radius 2 is 0.913 bits per heavy atom. The van der Waals surface area contributed by atoms with Crippen LogP contribution in [0.25, 0.3) is 0 Å². The maximum Gasteiger partial charge on any atom is 0.0547 e. The van der Waals surface area contributed by atoms with Crippen LogP contribution in [-0.2, 0) is 4.74 Å². The van der Waals surface area contributed by atoms with Crippen LogP contribution in [0.2, 0.25) is 0 Å². The lowest BCUT2D eigenvalue weighted by Crippen LogP contribution is -2.09. The van der Waals surface area contributed by atoms with Gasteiger partial charge in [-0.1, -0.05) is 110 Å². The molecule has 0 bridgehead atoms. The second-order valence-corrected chi connectivity index (χ2v) is 7.42. The summed E-state index contributed by atoms with van der Waals surface area (Å²) in [5.41, 5.74) is 0. The molecule has 0 aliphatic heterocycles. The number of ether oxygens (including phenoxy) is 1. The van der Waals surface area contributed by atoms with Gasteiger partial charge in [0.25, 0.3) is 0 Å². The first-order valence-corrected chi connectivity index (χ1v) is 10.9. The summed E-state index contributed by atoms with van der Waals surface area (Å²) in [5, 5.41) is 0. The molecule has 0 aliphatic carbocycles. The molecule has 0 aromatic heterocycles. The van der Waals surface area contributed by atoms with E-state index in [1.54, 1.807) is 0 Å². The van der Waals surface area contributed by atoms with Crippen LogP contribution in [0.4, 0.5) is 0 Å². The van der Waals surface area contributed by atoms with Gasteiger partial charge in [-0.05, 0) is 19.8 Å². The summed E-state index contributed by atoms with van der Waals surface area (Å²) in [4.78, 5) is 0. The van der Waals surface area contributed by atoms with Gasteiger partial charge < -0.3 is 4.74 Å². The highest BCUT2D eigenvalue weighted by Gasteiger charge is 2.02. The minimum atomic E-state index is 0.472. The Morgan fingerprint density at radius 1 is 0.522 bits per heavy atom. The van der Waals surface area contributed by atoms with Crippen LogP contribution in [0.5, 0.6) is 0 Å². The van der Waals surface area contributed by atoms with Crippen molar-refractivity contribution in [1.82, 2.24) is 0 Å². The molecule has 0 amide bonds. The van der Waals surface area contributed by atoms with Crippen molar-refractivity contribution in [1.29, 1.82) is 0 Å². The molecule has 0 heterocycles. The lowest BCUT2D eigenvalue weighted by atomic mass is 10.1. The fourth-order valence-corrected chi connectivity index (χ4v) is 3.17. The van der Waals surface area contributed by atoms with Crippen LogP contribution in [0.15, 0.2) is 0 Å². The van der Waals surface area contributed by atoms with E-state index in [0.29, 0.717) is 6.10 Å². The molecule has 0 aliphatic rings. The third-order valence-electron chi connectivity index (χ3n) is 4.86. The third-order valence-corrected chi connectivity index (χ3v) is 4.86. The quantitative estimate of drug-likeness (QED) is 0.218. The topological polar surface area (TPSA) is 9.23 Å². The first-order valence-electron chi connectivity index (χ1n) is 10.9. The van der Waals surface area contributed by atoms with Gasteiger partial charge in [0, 0.05) is 6.61 Å². The smallest absolute Gasteiger partial charge is 0.0547 e. The van der Waals surface area contributed by atoms with E-state index >= 15 is 0 Å². The van der Waals surface area contributed by atoms with Gasteiger partial charge in [-0.2, -0.15) is 0 Å². The van der Waals surface area contributed by atoms with Gasteiger partial charge in [0.05, 0.1) is 6.10 Å². The second kappa shape index (κ2) is 20.0. The van der Waals surface area contributed by atoms with E-state index in [0.717, 1.165) is 6.61 Å². The highest BCUT2D eigenvalue weighted by Crippen LogP contribution is 2.13. The van der Waals surface area contributed by atoms with E-state index in [9.17, 15) is 0 Å². The molecule has 0 saturated heterocycles. The molecule has 0 aromatic rings. The number of hydrogen-bond acceptors (Lipinski definition) is 1. The number of hydrogen-bond donors (Lipinski definition) is 0. The standard InChI is InChI=1S/C22H46O/c1-4-6-8-10-12-14-16-18-20-22(3)23-21-19-17-15-13-11-9-7-5-2/h22H,4-21H2,1-3H3. The Hall–Kier alpha value is -0.0400. The van der Waals surface area contributed by atoms with E-state index in [1.165, 1.54) is 109 Å². The molecule has 1 atom stereocenters. The fraction of sp³-hybridized carbons (Fsp3) is 1.00. The zero-order valence-corrected chi connectivity index (χ0v) is 16.7. The van der Waals surface area contributed by atoms with E-state index in [2.05, 4.69) is 20.8 Å². The minimum Gasteiger partial charge on any atom is -0.379 e. The Kier molecular flexibility index (Phi) is 20.0. The summed E-state index contributed by atoms with van der Waals surface area (Å²) in [5.74, 6) is 0. The molecule has 0 saturated carbocycles. The maximum atomic E-state index is 5.95. The summed E-state index contributed by atoms with van der Waals surface area (Å²) < 4.78 is 5.95. The molecule has 0 fully saturated rings. The van der Waals surface area contributed by atoms with Crippen LogP contribution in [0.3, 0.4) is 0 Å². The maximum absolute atomic E-state index is 5.95. The molecule has 1 unspecified atom stereocenters. The Bertz CT molecular complexity index is 202. The second-order valence-electron chi connectivity index (χ2n) is 7.42. The number of rotatable bonds is 19. The summed E-state index contributed by atoms with van der Waals surface area (Å²) >= 11 is 0. The van der Waals surface area contributed by atoms with Crippen molar-refractivity contribution in [2.24, 2.45) is 0 Å². The summed E-state index contributed by atoms with van der Waals surface area (Å²) in [6, 6.07) is 0. The highest BCUT2D eigenvalue weighted by atomic mass is 16.5. The van der Waals surface area contributed by atoms with Crippen molar-refractivity contribution in [2.75, 3.05) is 6.61 Å². The molecule has 0 rings (SSSR count). The van der Waals surface area contributed by atoms with Gasteiger partial charge in [-0.25, -0.2) is 0 Å². The molecule has 23 heavy (non-hydrogen) atoms. The average Bonchev–Trinajstić information content (AvgIpc) is 2.56. The summed E-state index contributed by atoms with van der Waals surface area (Å²) in [6.45, 7) is 7.81. The molecule has 140 valence electrons. The van der Waals surface area contributed by atoms with Crippen LogP contribution in [0, 0.1) is 0 Å². The summed E-state index contributed by atoms with van der Waals surface area (Å²) in [6.07, 6.45) is 24.1. The SMILES string of the molecule is CCCCCCCCCCOC(C)CCCCCCCCCC. The van der Waals surface area contributed by atoms with Gasteiger partial charge in [-0.15, -0.1) is 0 Å². The van der Waals surface area contributed by atoms with E-state index in [1.807, 2.05) is 0 Å². The Morgan fingerprint density at radius 3 is 1.39 bits per heavy atom. The molecule has 0 spiro atoms. The van der Waals surface area contributed by atoms with Crippen LogP contribution in [0.1, 0.15) is 130 Å². The largest absolute Gasteiger partial charge is 0.379 e. The Balaban J connectivity index is 3.11. The zero-order chi connectivity index (χ0) is 17.0. The van der Waals surface area contributed by atoms with Gasteiger partial charge in [0.1, 0.15) is 0 Å². The van der Waals surface area contributed by atoms with Gasteiger partial charge in [0.15, 0.2) is 0 Å². The van der Waals surface area contributed by atoms with Crippen molar-refractivity contribution in [2.45, 2.75) is 136 Å². The lowest BCUT2D eigenvalue weighted by Gasteiger charge is -2.13. The normalized spacial score (nSPS) is 12.7. The highest BCUT2D eigenvalue weighted by molar-refractivity contribution is 4.53.